The topological polar surface area (TPSA) is 113 Å². The largest absolute Gasteiger partial charge is 0.478 e. The van der Waals surface area contributed by atoms with Crippen LogP contribution < -0.4 is 0 Å². The van der Waals surface area contributed by atoms with Gasteiger partial charge in [0.05, 0.1) is 22.5 Å². The van der Waals surface area contributed by atoms with Crippen molar-refractivity contribution in [3.63, 3.8) is 0 Å². The average Bonchev–Trinajstić information content (AvgIpc) is 3.27. The normalized spacial score (nSPS) is 15.4. The number of rotatable bonds is 2. The second-order valence-electron chi connectivity index (χ2n) is 12.4. The molecule has 0 aliphatic heterocycles. The van der Waals surface area contributed by atoms with E-state index in [1.165, 1.54) is 21.4 Å². The van der Waals surface area contributed by atoms with E-state index in [1.807, 2.05) is 0 Å². The van der Waals surface area contributed by atoms with Gasteiger partial charge in [0, 0.05) is 10.9 Å². The van der Waals surface area contributed by atoms with E-state index < -0.39 is 29.4 Å². The maximum atomic E-state index is 13.5. The molecule has 0 saturated carbocycles. The van der Waals surface area contributed by atoms with Crippen molar-refractivity contribution >= 4 is 29.1 Å². The molecule has 198 valence electrons. The molecule has 0 radical (unpaired) electrons. The van der Waals surface area contributed by atoms with Crippen LogP contribution >= 0.6 is 0 Å². The number of hydrogen-bond acceptors (Lipinski definition) is 6. The number of carbonyl (C=O) groups excluding carboxylic acids is 2. The maximum absolute atomic E-state index is 13.5. The van der Waals surface area contributed by atoms with Gasteiger partial charge in [-0.15, -0.1) is 0 Å². The Hall–Kier alpha value is -3.62. The standard InChI is InChI=1S/C28H35N3O6/c1-26(2,3)36-24(34)30-19-14-17(23(32)33)10-9-16(19)13-20(30)22-18-11-12-28(7,8)15-21(18)31(29-22)25(35)37-27(4,5)6/h9-10,13-14H,11-12,15H2,1-8H3,(H,32,33). The van der Waals surface area contributed by atoms with Crippen molar-refractivity contribution < 1.29 is 29.0 Å². The first-order chi connectivity index (χ1) is 17.0. The van der Waals surface area contributed by atoms with Crippen LogP contribution in [0.4, 0.5) is 9.59 Å². The first-order valence-corrected chi connectivity index (χ1v) is 12.4. The van der Waals surface area contributed by atoms with Gasteiger partial charge < -0.3 is 14.6 Å². The first kappa shape index (κ1) is 26.4. The Morgan fingerprint density at radius 3 is 2.19 bits per heavy atom. The lowest BCUT2D eigenvalue weighted by molar-refractivity contribution is 0.0504. The minimum absolute atomic E-state index is 0.0433. The average molecular weight is 510 g/mol. The molecule has 0 saturated heterocycles. The molecule has 1 N–H and O–H groups in total. The fourth-order valence-electron chi connectivity index (χ4n) is 4.61. The summed E-state index contributed by atoms with van der Waals surface area (Å²) in [7, 11) is 0. The van der Waals surface area contributed by atoms with Crippen LogP contribution in [0.25, 0.3) is 22.3 Å². The molecule has 9 nitrogen and oxygen atoms in total. The third-order valence-electron chi connectivity index (χ3n) is 6.22. The molecule has 0 bridgehead atoms. The highest BCUT2D eigenvalue weighted by molar-refractivity contribution is 6.00. The van der Waals surface area contributed by atoms with Gasteiger partial charge in [0.1, 0.15) is 16.9 Å². The molecule has 37 heavy (non-hydrogen) atoms. The summed E-state index contributed by atoms with van der Waals surface area (Å²) in [6.45, 7) is 15.0. The Morgan fingerprint density at radius 2 is 1.59 bits per heavy atom. The quantitative estimate of drug-likeness (QED) is 0.432. The van der Waals surface area contributed by atoms with E-state index >= 15 is 0 Å². The zero-order valence-corrected chi connectivity index (χ0v) is 22.8. The van der Waals surface area contributed by atoms with E-state index in [2.05, 4.69) is 13.8 Å². The van der Waals surface area contributed by atoms with E-state index in [-0.39, 0.29) is 11.0 Å². The van der Waals surface area contributed by atoms with Crippen LogP contribution in [-0.2, 0) is 22.3 Å². The van der Waals surface area contributed by atoms with Crippen LogP contribution in [0.15, 0.2) is 24.3 Å². The number of nitrogens with zero attached hydrogens (tertiary/aromatic N) is 3. The molecule has 0 spiro atoms. The molecule has 2 aromatic heterocycles. The summed E-state index contributed by atoms with van der Waals surface area (Å²) in [4.78, 5) is 38.4. The van der Waals surface area contributed by atoms with Crippen molar-refractivity contribution in [3.05, 3.63) is 41.1 Å². The summed E-state index contributed by atoms with van der Waals surface area (Å²) in [6.07, 6.45) is 0.918. The summed E-state index contributed by atoms with van der Waals surface area (Å²) in [6, 6.07) is 6.38. The highest BCUT2D eigenvalue weighted by Gasteiger charge is 2.36. The molecule has 3 aromatic rings. The second-order valence-corrected chi connectivity index (χ2v) is 12.4. The Morgan fingerprint density at radius 1 is 0.973 bits per heavy atom. The summed E-state index contributed by atoms with van der Waals surface area (Å²) in [5.74, 6) is -1.10. The first-order valence-electron chi connectivity index (χ1n) is 12.4. The summed E-state index contributed by atoms with van der Waals surface area (Å²) in [5, 5.41) is 14.9. The second kappa shape index (κ2) is 8.75. The van der Waals surface area contributed by atoms with E-state index in [9.17, 15) is 19.5 Å². The molecular formula is C28H35N3O6. The summed E-state index contributed by atoms with van der Waals surface area (Å²) in [5.41, 5.74) is 1.45. The number of benzene rings is 1. The van der Waals surface area contributed by atoms with Crippen LogP contribution in [0.3, 0.4) is 0 Å². The van der Waals surface area contributed by atoms with Crippen molar-refractivity contribution in [1.29, 1.82) is 0 Å². The Labute approximate surface area is 216 Å². The monoisotopic (exact) mass is 509 g/mol. The van der Waals surface area contributed by atoms with Crippen LogP contribution in [0, 0.1) is 5.41 Å². The van der Waals surface area contributed by atoms with Gasteiger partial charge in [-0.05, 0) is 84.4 Å². The lowest BCUT2D eigenvalue weighted by atomic mass is 9.76. The number of hydrogen-bond donors (Lipinski definition) is 1. The fourth-order valence-corrected chi connectivity index (χ4v) is 4.61. The predicted molar refractivity (Wildman–Crippen MR) is 139 cm³/mol. The van der Waals surface area contributed by atoms with E-state index in [1.54, 1.807) is 53.7 Å². The van der Waals surface area contributed by atoms with Crippen LogP contribution in [0.5, 0.6) is 0 Å². The van der Waals surface area contributed by atoms with Crippen molar-refractivity contribution in [2.45, 2.75) is 85.9 Å². The highest BCUT2D eigenvalue weighted by atomic mass is 16.6. The third-order valence-corrected chi connectivity index (χ3v) is 6.22. The lowest BCUT2D eigenvalue weighted by Crippen LogP contribution is -2.31. The smallest absolute Gasteiger partial charge is 0.435 e. The highest BCUT2D eigenvalue weighted by Crippen LogP contribution is 2.41. The Bertz CT molecular complexity index is 1410. The van der Waals surface area contributed by atoms with Gasteiger partial charge in [-0.25, -0.2) is 19.0 Å². The number of fused-ring (bicyclic) bond motifs is 2. The van der Waals surface area contributed by atoms with Crippen LogP contribution in [0.2, 0.25) is 0 Å². The number of carbonyl (C=O) groups is 3. The number of aromatic carboxylic acids is 1. The predicted octanol–water partition coefficient (Wildman–Crippen LogP) is 6.28. The minimum Gasteiger partial charge on any atom is -0.478 e. The minimum atomic E-state index is -1.10. The van der Waals surface area contributed by atoms with Gasteiger partial charge in [0.15, 0.2) is 0 Å². The third kappa shape index (κ3) is 5.40. The molecular weight excluding hydrogens is 474 g/mol. The number of ether oxygens (including phenoxy) is 2. The SMILES string of the molecule is CC1(C)CCc2c(-c3cc4ccc(C(=O)O)cc4n3C(=O)OC(C)(C)C)nn(C(=O)OC(C)(C)C)c2C1. The van der Waals surface area contributed by atoms with Crippen molar-refractivity contribution in [3.8, 4) is 11.4 Å². The molecule has 0 unspecified atom stereocenters. The lowest BCUT2D eigenvalue weighted by Gasteiger charge is -2.30. The molecule has 2 heterocycles. The molecule has 1 aromatic carbocycles. The van der Waals surface area contributed by atoms with Crippen LogP contribution in [-0.4, -0.2) is 48.8 Å². The van der Waals surface area contributed by atoms with E-state index in [0.29, 0.717) is 35.1 Å². The Balaban J connectivity index is 1.98. The van der Waals surface area contributed by atoms with Crippen molar-refractivity contribution in [2.24, 2.45) is 5.41 Å². The van der Waals surface area contributed by atoms with Gasteiger partial charge in [-0.3, -0.25) is 0 Å². The summed E-state index contributed by atoms with van der Waals surface area (Å²) >= 11 is 0. The molecule has 1 aliphatic carbocycles. The molecule has 0 atom stereocenters. The van der Waals surface area contributed by atoms with Gasteiger partial charge in [-0.2, -0.15) is 9.78 Å². The van der Waals surface area contributed by atoms with Gasteiger partial charge in [0.25, 0.3) is 0 Å². The van der Waals surface area contributed by atoms with Crippen molar-refractivity contribution in [1.82, 2.24) is 14.3 Å². The molecule has 4 rings (SSSR count). The maximum Gasteiger partial charge on any atom is 0.435 e. The number of aromatic nitrogens is 3. The van der Waals surface area contributed by atoms with Crippen LogP contribution in [0.1, 0.15) is 83.4 Å². The van der Waals surface area contributed by atoms with Crippen molar-refractivity contribution in [2.75, 3.05) is 0 Å². The van der Waals surface area contributed by atoms with Gasteiger partial charge >= 0.3 is 18.2 Å². The summed E-state index contributed by atoms with van der Waals surface area (Å²) < 4.78 is 14.0. The molecule has 1 aliphatic rings. The molecule has 0 amide bonds. The molecule has 9 heteroatoms. The Kier molecular flexibility index (Phi) is 6.25. The van der Waals surface area contributed by atoms with E-state index in [4.69, 9.17) is 14.6 Å². The number of carboxylic acids is 1. The zero-order valence-electron chi connectivity index (χ0n) is 22.8. The van der Waals surface area contributed by atoms with E-state index in [0.717, 1.165) is 17.7 Å². The van der Waals surface area contributed by atoms with Gasteiger partial charge in [-0.1, -0.05) is 19.9 Å². The van der Waals surface area contributed by atoms with Gasteiger partial charge in [0.2, 0.25) is 0 Å². The zero-order chi connectivity index (χ0) is 27.5. The molecule has 0 fully saturated rings. The number of carboxylic acid groups (broad SMARTS) is 1. The fraction of sp³-hybridized carbons (Fsp3) is 0.500.